The Bertz CT molecular complexity index is 266. The molecule has 84 valence electrons. The maximum atomic E-state index is 3.68. The summed E-state index contributed by atoms with van der Waals surface area (Å²) in [4.78, 5) is 0. The van der Waals surface area contributed by atoms with Crippen molar-refractivity contribution in [1.29, 1.82) is 0 Å². The predicted molar refractivity (Wildman–Crippen MR) is 66.9 cm³/mol. The molecule has 1 heteroatoms. The van der Waals surface area contributed by atoms with E-state index in [4.69, 9.17) is 0 Å². The van der Waals surface area contributed by atoms with E-state index < -0.39 is 0 Å². The molecule has 0 bridgehead atoms. The van der Waals surface area contributed by atoms with Crippen molar-refractivity contribution in [3.05, 3.63) is 35.9 Å². The van der Waals surface area contributed by atoms with E-state index in [1.54, 1.807) is 0 Å². The minimum Gasteiger partial charge on any atom is -0.307 e. The summed E-state index contributed by atoms with van der Waals surface area (Å²) in [5.74, 6) is 0.696. The average molecular weight is 205 g/mol. The number of rotatable bonds is 5. The molecule has 0 aromatic heterocycles. The van der Waals surface area contributed by atoms with Gasteiger partial charge in [-0.2, -0.15) is 0 Å². The number of hydrogen-bond acceptors (Lipinski definition) is 1. The van der Waals surface area contributed by atoms with Gasteiger partial charge in [0.15, 0.2) is 0 Å². The number of nitrogens with one attached hydrogen (secondary N) is 1. The Morgan fingerprint density at radius 2 is 1.67 bits per heavy atom. The number of hydrogen-bond donors (Lipinski definition) is 1. The summed E-state index contributed by atoms with van der Waals surface area (Å²) in [5.41, 5.74) is 1.37. The molecule has 0 unspecified atom stereocenters. The molecule has 0 spiro atoms. The molecular weight excluding hydrogens is 182 g/mol. The summed E-state index contributed by atoms with van der Waals surface area (Å²) in [6.07, 6.45) is 1.19. The molecule has 0 heterocycles. The fraction of sp³-hybridized carbons (Fsp3) is 0.571. The minimum atomic E-state index is 0.443. The molecule has 0 aliphatic carbocycles. The third-order valence-electron chi connectivity index (χ3n) is 3.01. The summed E-state index contributed by atoms with van der Waals surface area (Å²) in [7, 11) is 0. The van der Waals surface area contributed by atoms with Crippen LogP contribution in [0.25, 0.3) is 0 Å². The molecular formula is C14H23N. The zero-order valence-corrected chi connectivity index (χ0v) is 10.3. The molecule has 0 saturated carbocycles. The van der Waals surface area contributed by atoms with Gasteiger partial charge in [-0.05, 0) is 24.8 Å². The summed E-state index contributed by atoms with van der Waals surface area (Å²) < 4.78 is 0. The Labute approximate surface area is 93.9 Å². The van der Waals surface area contributed by atoms with Crippen molar-refractivity contribution in [1.82, 2.24) is 5.32 Å². The van der Waals surface area contributed by atoms with Crippen LogP contribution in [0, 0.1) is 5.92 Å². The third-order valence-corrected chi connectivity index (χ3v) is 3.01. The van der Waals surface area contributed by atoms with Gasteiger partial charge < -0.3 is 5.32 Å². The van der Waals surface area contributed by atoms with Crippen LogP contribution >= 0.6 is 0 Å². The highest BCUT2D eigenvalue weighted by Gasteiger charge is 2.14. The Morgan fingerprint density at radius 3 is 2.13 bits per heavy atom. The van der Waals surface area contributed by atoms with Gasteiger partial charge in [-0.15, -0.1) is 0 Å². The molecule has 2 atom stereocenters. The molecule has 0 amide bonds. The summed E-state index contributed by atoms with van der Waals surface area (Å²) in [6.45, 7) is 9.04. The lowest BCUT2D eigenvalue weighted by Gasteiger charge is -2.25. The second-order valence-electron chi connectivity index (χ2n) is 4.56. The molecule has 1 aromatic carbocycles. The molecule has 0 fully saturated rings. The predicted octanol–water partition coefficient (Wildman–Crippen LogP) is 3.77. The van der Waals surface area contributed by atoms with Crippen LogP contribution in [0.3, 0.4) is 0 Å². The Balaban J connectivity index is 2.58. The number of benzene rings is 1. The van der Waals surface area contributed by atoms with Crippen molar-refractivity contribution in [2.24, 2.45) is 5.92 Å². The quantitative estimate of drug-likeness (QED) is 0.771. The molecule has 1 rings (SSSR count). The van der Waals surface area contributed by atoms with Crippen LogP contribution in [-0.4, -0.2) is 6.04 Å². The normalized spacial score (nSPS) is 15.3. The van der Waals surface area contributed by atoms with Gasteiger partial charge in [-0.25, -0.2) is 0 Å². The van der Waals surface area contributed by atoms with E-state index in [9.17, 15) is 0 Å². The lowest BCUT2D eigenvalue weighted by molar-refractivity contribution is 0.356. The molecule has 1 N–H and O–H groups in total. The molecule has 0 aliphatic heterocycles. The van der Waals surface area contributed by atoms with Crippen molar-refractivity contribution in [3.63, 3.8) is 0 Å². The highest BCUT2D eigenvalue weighted by Crippen LogP contribution is 2.15. The first kappa shape index (κ1) is 12.3. The average Bonchev–Trinajstić information content (AvgIpc) is 2.26. The first-order valence-electron chi connectivity index (χ1n) is 5.96. The maximum absolute atomic E-state index is 3.68. The molecule has 1 nitrogen and oxygen atoms in total. The topological polar surface area (TPSA) is 12.0 Å². The van der Waals surface area contributed by atoms with Gasteiger partial charge in [0.25, 0.3) is 0 Å². The highest BCUT2D eigenvalue weighted by atomic mass is 14.9. The zero-order valence-electron chi connectivity index (χ0n) is 10.3. The van der Waals surface area contributed by atoms with Crippen molar-refractivity contribution in [2.75, 3.05) is 0 Å². The molecule has 15 heavy (non-hydrogen) atoms. The Hall–Kier alpha value is -0.820. The van der Waals surface area contributed by atoms with E-state index in [1.165, 1.54) is 12.0 Å². The summed E-state index contributed by atoms with van der Waals surface area (Å²) in [5, 5.41) is 3.68. The molecule has 0 saturated heterocycles. The van der Waals surface area contributed by atoms with Crippen LogP contribution in [0.2, 0.25) is 0 Å². The summed E-state index contributed by atoms with van der Waals surface area (Å²) >= 11 is 0. The fourth-order valence-electron chi connectivity index (χ4n) is 1.94. The van der Waals surface area contributed by atoms with E-state index >= 15 is 0 Å². The molecule has 0 aliphatic rings. The van der Waals surface area contributed by atoms with E-state index in [-0.39, 0.29) is 0 Å². The fourth-order valence-corrected chi connectivity index (χ4v) is 1.94. The van der Waals surface area contributed by atoms with Gasteiger partial charge in [0, 0.05) is 12.1 Å². The van der Waals surface area contributed by atoms with Crippen molar-refractivity contribution in [3.8, 4) is 0 Å². The first-order valence-corrected chi connectivity index (χ1v) is 5.96. The van der Waals surface area contributed by atoms with E-state index in [0.717, 1.165) is 0 Å². The smallest absolute Gasteiger partial charge is 0.0294 e. The zero-order chi connectivity index (χ0) is 11.3. The maximum Gasteiger partial charge on any atom is 0.0294 e. The van der Waals surface area contributed by atoms with Crippen molar-refractivity contribution >= 4 is 0 Å². The third kappa shape index (κ3) is 3.67. The Kier molecular flexibility index (Phi) is 4.83. The summed E-state index contributed by atoms with van der Waals surface area (Å²) in [6, 6.07) is 11.7. The van der Waals surface area contributed by atoms with Gasteiger partial charge >= 0.3 is 0 Å². The molecule has 1 aromatic rings. The standard InChI is InChI=1S/C14H23N/c1-5-14(11(2)3)15-12(4)13-9-7-6-8-10-13/h6-12,14-15H,5H2,1-4H3/t12-,14+/m1/s1. The first-order chi connectivity index (χ1) is 7.15. The lowest BCUT2D eigenvalue weighted by atomic mass is 9.99. The lowest BCUT2D eigenvalue weighted by Crippen LogP contribution is -2.35. The van der Waals surface area contributed by atoms with Crippen molar-refractivity contribution in [2.45, 2.75) is 46.2 Å². The van der Waals surface area contributed by atoms with Gasteiger partial charge in [-0.1, -0.05) is 51.1 Å². The largest absolute Gasteiger partial charge is 0.307 e. The molecule has 0 radical (unpaired) electrons. The highest BCUT2D eigenvalue weighted by molar-refractivity contribution is 5.18. The van der Waals surface area contributed by atoms with Crippen LogP contribution in [-0.2, 0) is 0 Å². The SMILES string of the molecule is CC[C@H](N[C@H](C)c1ccccc1)C(C)C. The monoisotopic (exact) mass is 205 g/mol. The van der Waals surface area contributed by atoms with Gasteiger partial charge in [0.1, 0.15) is 0 Å². The van der Waals surface area contributed by atoms with Crippen LogP contribution < -0.4 is 5.32 Å². The van der Waals surface area contributed by atoms with Crippen LogP contribution in [0.4, 0.5) is 0 Å². The van der Waals surface area contributed by atoms with Crippen LogP contribution in [0.5, 0.6) is 0 Å². The second-order valence-corrected chi connectivity index (χ2v) is 4.56. The second kappa shape index (κ2) is 5.92. The van der Waals surface area contributed by atoms with Crippen molar-refractivity contribution < 1.29 is 0 Å². The van der Waals surface area contributed by atoms with Gasteiger partial charge in [-0.3, -0.25) is 0 Å². The van der Waals surface area contributed by atoms with Gasteiger partial charge in [0.05, 0.1) is 0 Å². The van der Waals surface area contributed by atoms with E-state index in [1.807, 2.05) is 0 Å². The van der Waals surface area contributed by atoms with Crippen LogP contribution in [0.1, 0.15) is 45.7 Å². The van der Waals surface area contributed by atoms with Gasteiger partial charge in [0.2, 0.25) is 0 Å². The van der Waals surface area contributed by atoms with Crippen LogP contribution in [0.15, 0.2) is 30.3 Å². The van der Waals surface area contributed by atoms with E-state index in [2.05, 4.69) is 63.3 Å². The van der Waals surface area contributed by atoms with E-state index in [0.29, 0.717) is 18.0 Å². The Morgan fingerprint density at radius 1 is 1.07 bits per heavy atom. The minimum absolute atomic E-state index is 0.443.